The second-order valence-corrected chi connectivity index (χ2v) is 6.92. The first-order valence-corrected chi connectivity index (χ1v) is 9.66. The smallest absolute Gasteiger partial charge is 0.328 e. The number of nitrogens with one attached hydrogen (secondary N) is 1. The molecule has 0 bridgehead atoms. The van der Waals surface area contributed by atoms with Crippen LogP contribution in [0.15, 0.2) is 66.7 Å². The Balaban J connectivity index is 1.73. The molecule has 0 saturated heterocycles. The molecular weight excluding hydrogens is 423 g/mol. The summed E-state index contributed by atoms with van der Waals surface area (Å²) in [7, 11) is 1.12. The van der Waals surface area contributed by atoms with Crippen molar-refractivity contribution in [2.45, 2.75) is 19.1 Å². The first kappa shape index (κ1) is 22.9. The van der Waals surface area contributed by atoms with E-state index in [1.54, 1.807) is 24.3 Å². The number of carbonyl (C=O) groups is 2. The van der Waals surface area contributed by atoms with Crippen molar-refractivity contribution in [3.8, 4) is 5.75 Å². The molecule has 1 N–H and O–H groups in total. The van der Waals surface area contributed by atoms with Gasteiger partial charge in [0, 0.05) is 18.6 Å². The predicted molar refractivity (Wildman–Crippen MR) is 111 cm³/mol. The minimum absolute atomic E-state index is 0.0224. The number of carbonyl (C=O) groups excluding carboxylic acids is 2. The number of esters is 1. The van der Waals surface area contributed by atoms with Gasteiger partial charge in [-0.2, -0.15) is 0 Å². The van der Waals surface area contributed by atoms with Crippen LogP contribution in [0.3, 0.4) is 0 Å². The van der Waals surface area contributed by atoms with E-state index in [1.807, 2.05) is 30.3 Å². The van der Waals surface area contributed by atoms with Crippen LogP contribution in [0.4, 0.5) is 13.2 Å². The van der Waals surface area contributed by atoms with Gasteiger partial charge >= 0.3 is 5.97 Å². The molecule has 1 amide bonds. The molecule has 3 rings (SSSR count). The average Bonchev–Trinajstić information content (AvgIpc) is 2.77. The molecule has 0 radical (unpaired) electrons. The summed E-state index contributed by atoms with van der Waals surface area (Å²) in [5, 5.41) is 2.25. The maximum Gasteiger partial charge on any atom is 0.328 e. The van der Waals surface area contributed by atoms with Crippen LogP contribution in [0.25, 0.3) is 0 Å². The Morgan fingerprint density at radius 3 is 2.22 bits per heavy atom. The first-order chi connectivity index (χ1) is 15.4. The number of methoxy groups -OCH3 is 1. The van der Waals surface area contributed by atoms with Crippen molar-refractivity contribution in [3.05, 3.63) is 101 Å². The molecule has 0 aliphatic carbocycles. The summed E-state index contributed by atoms with van der Waals surface area (Å²) in [5.41, 5.74) is 0.604. The molecule has 0 fully saturated rings. The highest BCUT2D eigenvalue weighted by molar-refractivity contribution is 5.97. The highest BCUT2D eigenvalue weighted by atomic mass is 19.1. The van der Waals surface area contributed by atoms with Gasteiger partial charge in [0.15, 0.2) is 0 Å². The summed E-state index contributed by atoms with van der Waals surface area (Å²) in [6.45, 7) is 0.338. The van der Waals surface area contributed by atoms with E-state index in [-0.39, 0.29) is 6.42 Å². The summed E-state index contributed by atoms with van der Waals surface area (Å²) in [4.78, 5) is 24.6. The maximum atomic E-state index is 13.9. The highest BCUT2D eigenvalue weighted by Crippen LogP contribution is 2.18. The van der Waals surface area contributed by atoms with Gasteiger partial charge in [-0.05, 0) is 23.3 Å². The largest absolute Gasteiger partial charge is 0.489 e. The molecule has 0 aliphatic heterocycles. The van der Waals surface area contributed by atoms with Crippen LogP contribution in [0.1, 0.15) is 21.5 Å². The van der Waals surface area contributed by atoms with E-state index in [4.69, 9.17) is 9.47 Å². The van der Waals surface area contributed by atoms with Gasteiger partial charge in [0.05, 0.1) is 7.11 Å². The molecule has 5 nitrogen and oxygen atoms in total. The van der Waals surface area contributed by atoms with E-state index in [2.05, 4.69) is 5.32 Å². The van der Waals surface area contributed by atoms with Crippen molar-refractivity contribution in [2.24, 2.45) is 0 Å². The topological polar surface area (TPSA) is 64.6 Å². The number of hydrogen-bond acceptors (Lipinski definition) is 4. The summed E-state index contributed by atoms with van der Waals surface area (Å²) >= 11 is 0. The molecule has 0 spiro atoms. The lowest BCUT2D eigenvalue weighted by atomic mass is 10.0. The van der Waals surface area contributed by atoms with E-state index in [9.17, 15) is 22.8 Å². The fraction of sp³-hybridized carbons (Fsp3) is 0.167. The molecule has 0 aliphatic rings. The van der Waals surface area contributed by atoms with Crippen LogP contribution >= 0.6 is 0 Å². The monoisotopic (exact) mass is 443 g/mol. The van der Waals surface area contributed by atoms with Crippen molar-refractivity contribution in [1.82, 2.24) is 5.32 Å². The molecule has 0 aromatic heterocycles. The van der Waals surface area contributed by atoms with Crippen LogP contribution < -0.4 is 10.1 Å². The molecule has 8 heteroatoms. The minimum atomic E-state index is -1.38. The van der Waals surface area contributed by atoms with Gasteiger partial charge in [0.2, 0.25) is 0 Å². The van der Waals surface area contributed by atoms with E-state index >= 15 is 0 Å². The summed E-state index contributed by atoms with van der Waals surface area (Å²) < 4.78 is 51.4. The minimum Gasteiger partial charge on any atom is -0.489 e. The lowest BCUT2D eigenvalue weighted by Gasteiger charge is -2.17. The Kier molecular flexibility index (Phi) is 7.49. The Bertz CT molecular complexity index is 1080. The quantitative estimate of drug-likeness (QED) is 0.530. The third-order valence-electron chi connectivity index (χ3n) is 4.61. The normalized spacial score (nSPS) is 11.5. The summed E-state index contributed by atoms with van der Waals surface area (Å²) in [6, 6.07) is 15.9. The number of rotatable bonds is 8. The molecule has 0 unspecified atom stereocenters. The van der Waals surface area contributed by atoms with Gasteiger partial charge in [0.25, 0.3) is 5.91 Å². The van der Waals surface area contributed by atoms with E-state index in [1.165, 1.54) is 0 Å². The van der Waals surface area contributed by atoms with Gasteiger partial charge < -0.3 is 14.8 Å². The fourth-order valence-electron chi connectivity index (χ4n) is 3.06. The van der Waals surface area contributed by atoms with Crippen molar-refractivity contribution < 1.29 is 32.2 Å². The van der Waals surface area contributed by atoms with Crippen molar-refractivity contribution in [1.29, 1.82) is 0 Å². The molecule has 0 heterocycles. The Morgan fingerprint density at radius 1 is 0.906 bits per heavy atom. The zero-order valence-electron chi connectivity index (χ0n) is 17.1. The zero-order chi connectivity index (χ0) is 23.1. The van der Waals surface area contributed by atoms with Crippen LogP contribution in [0.2, 0.25) is 0 Å². The van der Waals surface area contributed by atoms with E-state index < -0.39 is 40.9 Å². The van der Waals surface area contributed by atoms with Crippen LogP contribution in [0, 0.1) is 17.5 Å². The van der Waals surface area contributed by atoms with Crippen molar-refractivity contribution >= 4 is 11.9 Å². The first-order valence-electron chi connectivity index (χ1n) is 9.66. The Hall–Kier alpha value is -3.81. The predicted octanol–water partition coefficient (Wildman–Crippen LogP) is 4.20. The zero-order valence-corrected chi connectivity index (χ0v) is 17.1. The highest BCUT2D eigenvalue weighted by Gasteiger charge is 2.26. The van der Waals surface area contributed by atoms with Crippen molar-refractivity contribution in [2.75, 3.05) is 7.11 Å². The van der Waals surface area contributed by atoms with Crippen molar-refractivity contribution in [3.63, 3.8) is 0 Å². The van der Waals surface area contributed by atoms with Gasteiger partial charge in [0.1, 0.15) is 41.4 Å². The third-order valence-corrected chi connectivity index (χ3v) is 4.61. The fourth-order valence-corrected chi connectivity index (χ4v) is 3.06. The van der Waals surface area contributed by atoms with Gasteiger partial charge in [-0.25, -0.2) is 18.0 Å². The maximum absolute atomic E-state index is 13.9. The number of benzene rings is 3. The molecule has 32 heavy (non-hydrogen) atoms. The average molecular weight is 443 g/mol. The molecular formula is C24H20F3NO4. The summed E-state index contributed by atoms with van der Waals surface area (Å²) in [5.74, 6) is -5.38. The number of ether oxygens (including phenoxy) is 2. The summed E-state index contributed by atoms with van der Waals surface area (Å²) in [6.07, 6.45) is -0.0224. The van der Waals surface area contributed by atoms with E-state index in [0.717, 1.165) is 12.7 Å². The molecule has 0 saturated carbocycles. The van der Waals surface area contributed by atoms with Gasteiger partial charge in [-0.1, -0.05) is 42.5 Å². The lowest BCUT2D eigenvalue weighted by Crippen LogP contribution is -2.43. The number of amides is 1. The lowest BCUT2D eigenvalue weighted by molar-refractivity contribution is -0.142. The van der Waals surface area contributed by atoms with Crippen LogP contribution in [-0.2, 0) is 22.6 Å². The van der Waals surface area contributed by atoms with E-state index in [0.29, 0.717) is 30.1 Å². The second kappa shape index (κ2) is 10.5. The molecule has 166 valence electrons. The Labute approximate surface area is 182 Å². The molecule has 3 aromatic rings. The van der Waals surface area contributed by atoms with Crippen LogP contribution in [-0.4, -0.2) is 25.0 Å². The van der Waals surface area contributed by atoms with Crippen LogP contribution in [0.5, 0.6) is 5.75 Å². The molecule has 3 aromatic carbocycles. The van der Waals surface area contributed by atoms with Gasteiger partial charge in [-0.15, -0.1) is 0 Å². The number of halogens is 3. The molecule has 1 atom stereocenters. The number of hydrogen-bond donors (Lipinski definition) is 1. The third kappa shape index (κ3) is 5.87. The Morgan fingerprint density at radius 2 is 1.56 bits per heavy atom. The van der Waals surface area contributed by atoms with Gasteiger partial charge in [-0.3, -0.25) is 4.79 Å². The standard InChI is InChI=1S/C24H20F3NO4/c1-31-24(30)21(28-23(29)22-19(26)12-17(25)13-20(22)27)11-16-8-5-9-18(10-16)32-14-15-6-3-2-4-7-15/h2-10,12-13,21H,11,14H2,1H3,(H,28,29)/t21-/m0/s1. The second-order valence-electron chi connectivity index (χ2n) is 6.92. The SMILES string of the molecule is COC(=O)[C@H](Cc1cccc(OCc2ccccc2)c1)NC(=O)c1c(F)cc(F)cc1F.